The van der Waals surface area contributed by atoms with Crippen LogP contribution in [0.3, 0.4) is 0 Å². The molecule has 0 aliphatic rings. The zero-order valence-corrected chi connectivity index (χ0v) is 24.2. The van der Waals surface area contributed by atoms with Crippen LogP contribution >= 0.6 is 0 Å². The van der Waals surface area contributed by atoms with E-state index in [1.54, 1.807) is 0 Å². The standard InChI is InChI=1S/2C8H18N2O.4CH3NO.2Al/c2*1-3-10(4-2)7-5-6-8(9)11;4*2-1-3;;/h2*3-7H2,1-2H3,(H2,9,11);4*1H,(H2,2,3);;/q;;;;;;2*+3/p-6. The molecule has 0 spiro atoms. The average Bonchev–Trinajstić information content (AvgIpc) is 2.85. The minimum absolute atomic E-state index is 0.150. The summed E-state index contributed by atoms with van der Waals surface area (Å²) >= 11 is -4.45. The van der Waals surface area contributed by atoms with E-state index in [1.165, 1.54) is 0 Å². The van der Waals surface area contributed by atoms with Crippen LogP contribution < -0.4 is 25.8 Å². The van der Waals surface area contributed by atoms with Crippen LogP contribution in [0.2, 0.25) is 0 Å². The number of hydrogen-bond acceptors (Lipinski definition) is 8. The monoisotopic (exact) mass is 544 g/mol. The highest BCUT2D eigenvalue weighted by Crippen LogP contribution is 1.95. The first kappa shape index (κ1) is 36.0. The molecule has 0 aliphatic carbocycles. The highest BCUT2D eigenvalue weighted by molar-refractivity contribution is 6.58. The second-order valence-corrected chi connectivity index (χ2v) is 11.0. The molecule has 0 fully saturated rings. The number of carbonyl (C=O) groups excluding carboxylic acids is 6. The highest BCUT2D eigenvalue weighted by atomic mass is 27.2. The molecule has 0 radical (unpaired) electrons. The molecular formula is C20H42Al2N8O6. The summed E-state index contributed by atoms with van der Waals surface area (Å²) < 4.78 is 14.9. The Morgan fingerprint density at radius 3 is 1.08 bits per heavy atom. The van der Waals surface area contributed by atoms with Crippen molar-refractivity contribution in [2.24, 2.45) is 0 Å². The summed E-state index contributed by atoms with van der Waals surface area (Å²) in [5.74, 6) is -0.301. The van der Waals surface area contributed by atoms with Gasteiger partial charge >= 0.3 is 29.6 Å². The van der Waals surface area contributed by atoms with E-state index in [1.807, 2.05) is 0 Å². The molecule has 0 saturated heterocycles. The Kier molecular flexibility index (Phi) is 25.9. The van der Waals surface area contributed by atoms with E-state index in [2.05, 4.69) is 63.3 Å². The van der Waals surface area contributed by atoms with Gasteiger partial charge in [0.1, 0.15) is 0 Å². The first-order valence-corrected chi connectivity index (χ1v) is 15.6. The zero-order valence-electron chi connectivity index (χ0n) is 21.9. The third-order valence-corrected chi connectivity index (χ3v) is 8.19. The molecule has 0 aromatic heterocycles. The molecule has 0 atom stereocenters. The van der Waals surface area contributed by atoms with Gasteiger partial charge in [0.15, 0.2) is 37.5 Å². The van der Waals surface area contributed by atoms with E-state index < -0.39 is 29.6 Å². The maximum Gasteiger partial charge on any atom is 0.740 e. The number of nitrogens with one attached hydrogen (secondary N) is 6. The lowest BCUT2D eigenvalue weighted by molar-refractivity contribution is -0.120. The van der Waals surface area contributed by atoms with Crippen LogP contribution in [0.5, 0.6) is 0 Å². The Labute approximate surface area is 223 Å². The van der Waals surface area contributed by atoms with Gasteiger partial charge in [0.25, 0.3) is 0 Å². The topological polar surface area (TPSA) is 181 Å². The molecule has 0 saturated carbocycles. The van der Waals surface area contributed by atoms with Crippen molar-refractivity contribution in [2.75, 3.05) is 39.3 Å². The van der Waals surface area contributed by atoms with Gasteiger partial charge in [-0.05, 0) is 52.1 Å². The number of nitrogens with zero attached hydrogens (tertiary/aromatic N) is 2. The van der Waals surface area contributed by atoms with Gasteiger partial charge in [-0.1, -0.05) is 27.7 Å². The van der Waals surface area contributed by atoms with Crippen LogP contribution in [-0.4, -0.2) is 116 Å². The SMILES string of the molecule is CCN(CC)CCCC(=O)[NH][Al]([NH]C=O)[NH]C=O.CCN(CC)CCCC(=O)[NH][Al]([NH]C=O)[NH]C=O. The average molecular weight is 545 g/mol. The fourth-order valence-corrected chi connectivity index (χ4v) is 5.01. The summed E-state index contributed by atoms with van der Waals surface area (Å²) in [6.07, 6.45) is 4.20. The second-order valence-electron chi connectivity index (χ2n) is 7.40. The van der Waals surface area contributed by atoms with Crippen LogP contribution in [0.15, 0.2) is 0 Å². The van der Waals surface area contributed by atoms with Crippen molar-refractivity contribution in [1.82, 2.24) is 35.6 Å². The highest BCUT2D eigenvalue weighted by Gasteiger charge is 2.25. The Hall–Kier alpha value is -2.20. The lowest BCUT2D eigenvalue weighted by Crippen LogP contribution is -2.59. The van der Waals surface area contributed by atoms with Gasteiger partial charge in [0.05, 0.1) is 0 Å². The molecule has 36 heavy (non-hydrogen) atoms. The fraction of sp³-hybridized carbons (Fsp3) is 0.700. The number of amides is 6. The van der Waals surface area contributed by atoms with Gasteiger partial charge in [0.2, 0.25) is 0 Å². The smallest absolute Gasteiger partial charge is 0.412 e. The van der Waals surface area contributed by atoms with E-state index >= 15 is 0 Å². The number of carbonyl (C=O) groups is 6. The van der Waals surface area contributed by atoms with Crippen molar-refractivity contribution in [2.45, 2.75) is 53.4 Å². The van der Waals surface area contributed by atoms with Gasteiger partial charge in [-0.25, -0.2) is 0 Å². The molecule has 0 bridgehead atoms. The summed E-state index contributed by atoms with van der Waals surface area (Å²) in [6, 6.07) is 0. The normalized spacial score (nSPS) is 9.72. The predicted molar refractivity (Wildman–Crippen MR) is 139 cm³/mol. The zero-order chi connectivity index (χ0) is 27.6. The Morgan fingerprint density at radius 1 is 0.583 bits per heavy atom. The van der Waals surface area contributed by atoms with Crippen LogP contribution in [0.4, 0.5) is 0 Å². The van der Waals surface area contributed by atoms with Crippen LogP contribution in [-0.2, 0) is 28.8 Å². The minimum Gasteiger partial charge on any atom is -0.412 e. The van der Waals surface area contributed by atoms with Crippen molar-refractivity contribution >= 4 is 67.1 Å². The molecule has 6 amide bonds. The summed E-state index contributed by atoms with van der Waals surface area (Å²) in [6.45, 7) is 13.9. The van der Waals surface area contributed by atoms with Crippen LogP contribution in [0, 0.1) is 0 Å². The quantitative estimate of drug-likeness (QED) is 0.0634. The second kappa shape index (κ2) is 25.9. The summed E-state index contributed by atoms with van der Waals surface area (Å²) in [7, 11) is 0. The first-order chi connectivity index (χ1) is 17.3. The third kappa shape index (κ3) is 21.1. The van der Waals surface area contributed by atoms with Crippen LogP contribution in [0.1, 0.15) is 53.4 Å². The molecule has 0 aromatic carbocycles. The number of rotatable bonds is 22. The summed E-state index contributed by atoms with van der Waals surface area (Å²) in [4.78, 5) is 68.6. The van der Waals surface area contributed by atoms with Crippen molar-refractivity contribution in [3.8, 4) is 0 Å². The molecular weight excluding hydrogens is 502 g/mol. The van der Waals surface area contributed by atoms with Crippen molar-refractivity contribution in [3.05, 3.63) is 0 Å². The molecule has 0 heterocycles. The lowest BCUT2D eigenvalue weighted by Gasteiger charge is -2.17. The third-order valence-electron chi connectivity index (χ3n) is 5.09. The minimum atomic E-state index is -2.22. The molecule has 0 rings (SSSR count). The molecule has 0 unspecified atom stereocenters. The molecule has 16 heteroatoms. The van der Waals surface area contributed by atoms with Gasteiger partial charge < -0.3 is 35.6 Å². The van der Waals surface area contributed by atoms with Gasteiger partial charge in [-0.15, -0.1) is 0 Å². The van der Waals surface area contributed by atoms with Gasteiger partial charge in [-0.3, -0.25) is 28.8 Å². The van der Waals surface area contributed by atoms with Gasteiger partial charge in [-0.2, -0.15) is 0 Å². The first-order valence-electron chi connectivity index (χ1n) is 12.2. The molecule has 6 N–H and O–H groups in total. The molecule has 0 aliphatic heterocycles. The van der Waals surface area contributed by atoms with Crippen LogP contribution in [0.25, 0.3) is 0 Å². The van der Waals surface area contributed by atoms with E-state index in [0.717, 1.165) is 52.1 Å². The van der Waals surface area contributed by atoms with Crippen molar-refractivity contribution in [1.29, 1.82) is 0 Å². The summed E-state index contributed by atoms with van der Waals surface area (Å²) in [5.41, 5.74) is 0. The van der Waals surface area contributed by atoms with Crippen molar-refractivity contribution in [3.63, 3.8) is 0 Å². The Balaban J connectivity index is 0. The lowest BCUT2D eigenvalue weighted by atomic mass is 10.3. The molecule has 204 valence electrons. The molecule has 14 nitrogen and oxygen atoms in total. The predicted octanol–water partition coefficient (Wildman–Crippen LogP) is -2.60. The fourth-order valence-electron chi connectivity index (χ4n) is 3.01. The Bertz CT molecular complexity index is 555. The summed E-state index contributed by atoms with van der Waals surface area (Å²) in [5, 5.41) is 0. The van der Waals surface area contributed by atoms with E-state index in [4.69, 9.17) is 0 Å². The van der Waals surface area contributed by atoms with E-state index in [9.17, 15) is 28.8 Å². The maximum absolute atomic E-state index is 11.6. The largest absolute Gasteiger partial charge is 0.740 e. The maximum atomic E-state index is 11.6. The van der Waals surface area contributed by atoms with E-state index in [-0.39, 0.29) is 11.8 Å². The Morgan fingerprint density at radius 2 is 0.861 bits per heavy atom. The van der Waals surface area contributed by atoms with Crippen molar-refractivity contribution < 1.29 is 28.8 Å². The molecule has 0 aromatic rings. The van der Waals surface area contributed by atoms with Gasteiger partial charge in [0, 0.05) is 12.8 Å². The van der Waals surface area contributed by atoms with E-state index in [0.29, 0.717) is 38.5 Å². The number of hydrogen-bond donors (Lipinski definition) is 6.